The van der Waals surface area contributed by atoms with Crippen LogP contribution in [0, 0.1) is 0 Å². The van der Waals surface area contributed by atoms with Gasteiger partial charge < -0.3 is 0 Å². The standard InChI is InChI=1S/C11H8N4O2/c16-10-8-6-12-15(7-4-2-1-3-5-7)9(8)13-11(17)14-10/h1-6,12H,(H,14,16,17). The molecule has 0 fully saturated rings. The lowest BCUT2D eigenvalue weighted by Crippen LogP contribution is -2.25. The van der Waals surface area contributed by atoms with E-state index in [-0.39, 0.29) is 0 Å². The molecule has 0 radical (unpaired) electrons. The third-order valence-electron chi connectivity index (χ3n) is 2.48. The highest BCUT2D eigenvalue weighted by molar-refractivity contribution is 5.56. The molecule has 0 aliphatic carbocycles. The van der Waals surface area contributed by atoms with E-state index in [0.29, 0.717) is 11.4 Å². The molecule has 0 bridgehead atoms. The molecule has 1 aromatic carbocycles. The first-order valence-electron chi connectivity index (χ1n) is 5.01. The average molecular weight is 228 g/mol. The zero-order valence-electron chi connectivity index (χ0n) is 8.68. The molecule has 0 aromatic heterocycles. The molecule has 1 aromatic rings. The van der Waals surface area contributed by atoms with Crippen molar-refractivity contribution in [2.45, 2.75) is 0 Å². The molecule has 84 valence electrons. The molecule has 0 amide bonds. The number of H-pyrrole nitrogens is 2. The fourth-order valence-electron chi connectivity index (χ4n) is 1.72. The summed E-state index contributed by atoms with van der Waals surface area (Å²) in [6.45, 7) is 0. The van der Waals surface area contributed by atoms with Gasteiger partial charge in [-0.05, 0) is 12.1 Å². The van der Waals surface area contributed by atoms with E-state index in [2.05, 4.69) is 15.1 Å². The quantitative estimate of drug-likeness (QED) is 0.630. The van der Waals surface area contributed by atoms with Crippen molar-refractivity contribution in [3.63, 3.8) is 0 Å². The van der Waals surface area contributed by atoms with E-state index < -0.39 is 11.2 Å². The number of hydrogen-bond acceptors (Lipinski definition) is 3. The smallest absolute Gasteiger partial charge is 0.299 e. The molecule has 17 heavy (non-hydrogen) atoms. The van der Waals surface area contributed by atoms with Gasteiger partial charge in [0.25, 0.3) is 5.56 Å². The Bertz CT molecular complexity index is 738. The monoisotopic (exact) mass is 228 g/mol. The molecule has 0 unspecified atom stereocenters. The van der Waals surface area contributed by atoms with Gasteiger partial charge in [-0.1, -0.05) is 18.2 Å². The second-order valence-corrected chi connectivity index (χ2v) is 3.55. The van der Waals surface area contributed by atoms with Crippen molar-refractivity contribution in [3.8, 4) is 17.1 Å². The second kappa shape index (κ2) is 3.44. The number of hydrogen-bond donors (Lipinski definition) is 2. The number of nitrogens with zero attached hydrogens (tertiary/aromatic N) is 2. The minimum Gasteiger partial charge on any atom is -0.299 e. The van der Waals surface area contributed by atoms with Crippen molar-refractivity contribution in [1.29, 1.82) is 0 Å². The molecule has 6 heteroatoms. The maximum absolute atomic E-state index is 11.5. The molecule has 2 N–H and O–H groups in total. The van der Waals surface area contributed by atoms with Crippen LogP contribution in [-0.2, 0) is 0 Å². The van der Waals surface area contributed by atoms with E-state index in [9.17, 15) is 9.59 Å². The fourth-order valence-corrected chi connectivity index (χ4v) is 1.72. The van der Waals surface area contributed by atoms with Gasteiger partial charge in [0.05, 0.1) is 5.69 Å². The summed E-state index contributed by atoms with van der Waals surface area (Å²) in [5.74, 6) is 0.324. The van der Waals surface area contributed by atoms with Gasteiger partial charge >= 0.3 is 5.69 Å². The third kappa shape index (κ3) is 1.46. The van der Waals surface area contributed by atoms with Crippen molar-refractivity contribution in [2.75, 3.05) is 0 Å². The highest BCUT2D eigenvalue weighted by Gasteiger charge is 2.15. The number of aromatic nitrogens is 4. The summed E-state index contributed by atoms with van der Waals surface area (Å²) in [7, 11) is 0. The summed E-state index contributed by atoms with van der Waals surface area (Å²) in [6, 6.07) is 9.31. The molecule has 2 heterocycles. The van der Waals surface area contributed by atoms with Crippen molar-refractivity contribution < 1.29 is 0 Å². The maximum atomic E-state index is 11.5. The van der Waals surface area contributed by atoms with E-state index in [0.717, 1.165) is 5.69 Å². The Balaban J connectivity index is 2.33. The second-order valence-electron chi connectivity index (χ2n) is 3.55. The molecule has 2 aliphatic heterocycles. The number of nitrogens with one attached hydrogen (secondary N) is 2. The van der Waals surface area contributed by atoms with Crippen molar-refractivity contribution in [3.05, 3.63) is 57.4 Å². The molecule has 0 saturated carbocycles. The number of fused-ring (bicyclic) bond motifs is 1. The fraction of sp³-hybridized carbons (Fsp3) is 0. The van der Waals surface area contributed by atoms with Gasteiger partial charge in [-0.2, -0.15) is 4.98 Å². The number of benzene rings is 1. The Labute approximate surface area is 94.9 Å². The molecule has 6 nitrogen and oxygen atoms in total. The minimum atomic E-state index is -0.646. The maximum Gasteiger partial charge on any atom is 0.349 e. The lowest BCUT2D eigenvalue weighted by Gasteiger charge is -2.04. The summed E-state index contributed by atoms with van der Waals surface area (Å²) in [5.41, 5.74) is 0.0752. The predicted octanol–water partition coefficient (Wildman–Crippen LogP) is 0.354. The first-order chi connectivity index (χ1) is 8.25. The lowest BCUT2D eigenvalue weighted by atomic mass is 10.3. The number of para-hydroxylation sites is 1. The Hall–Kier alpha value is -2.63. The van der Waals surface area contributed by atoms with Crippen LogP contribution in [0.5, 0.6) is 0 Å². The van der Waals surface area contributed by atoms with Crippen LogP contribution in [0.25, 0.3) is 17.1 Å². The molecule has 0 atom stereocenters. The molecule has 0 saturated heterocycles. The van der Waals surface area contributed by atoms with Crippen LogP contribution in [0.15, 0.2) is 46.1 Å². The summed E-state index contributed by atoms with van der Waals surface area (Å²) in [4.78, 5) is 28.6. The van der Waals surface area contributed by atoms with Crippen LogP contribution in [0.3, 0.4) is 0 Å². The molecular weight excluding hydrogens is 220 g/mol. The minimum absolute atomic E-state index is 0.324. The van der Waals surface area contributed by atoms with E-state index in [1.807, 2.05) is 30.3 Å². The summed E-state index contributed by atoms with van der Waals surface area (Å²) in [5, 5.41) is 2.89. The Morgan fingerprint density at radius 2 is 1.88 bits per heavy atom. The SMILES string of the molecule is O=c1nc2n(-c3ccccc3)[nH]cc-2c(=O)[nH]1. The zero-order chi connectivity index (χ0) is 11.8. The van der Waals surface area contributed by atoms with Crippen LogP contribution in [0.2, 0.25) is 0 Å². The number of rotatable bonds is 1. The van der Waals surface area contributed by atoms with Gasteiger partial charge in [-0.15, -0.1) is 0 Å². The van der Waals surface area contributed by atoms with Gasteiger partial charge in [-0.25, -0.2) is 9.48 Å². The van der Waals surface area contributed by atoms with Crippen molar-refractivity contribution in [1.82, 2.24) is 19.7 Å². The van der Waals surface area contributed by atoms with E-state index >= 15 is 0 Å². The largest absolute Gasteiger partial charge is 0.349 e. The highest BCUT2D eigenvalue weighted by Crippen LogP contribution is 2.16. The van der Waals surface area contributed by atoms with Crippen LogP contribution in [0.4, 0.5) is 0 Å². The van der Waals surface area contributed by atoms with Crippen LogP contribution < -0.4 is 11.2 Å². The predicted molar refractivity (Wildman–Crippen MR) is 61.4 cm³/mol. The molecule has 2 aliphatic rings. The molecular formula is C11H8N4O2. The molecule has 0 spiro atoms. The Kier molecular flexibility index (Phi) is 1.94. The van der Waals surface area contributed by atoms with Gasteiger partial charge in [0.1, 0.15) is 5.56 Å². The first-order valence-corrected chi connectivity index (χ1v) is 5.01. The highest BCUT2D eigenvalue weighted by atomic mass is 16.2. The normalized spacial score (nSPS) is 10.8. The molecule has 3 rings (SSSR count). The van der Waals surface area contributed by atoms with Gasteiger partial charge in [-0.3, -0.25) is 14.9 Å². The van der Waals surface area contributed by atoms with E-state index in [1.165, 1.54) is 6.20 Å². The first kappa shape index (κ1) is 9.59. The van der Waals surface area contributed by atoms with Crippen molar-refractivity contribution >= 4 is 0 Å². The van der Waals surface area contributed by atoms with Crippen molar-refractivity contribution in [2.24, 2.45) is 0 Å². The van der Waals surface area contributed by atoms with Crippen LogP contribution in [0.1, 0.15) is 0 Å². The van der Waals surface area contributed by atoms with Gasteiger partial charge in [0.2, 0.25) is 0 Å². The average Bonchev–Trinajstić information content (AvgIpc) is 2.74. The Morgan fingerprint density at radius 1 is 1.12 bits per heavy atom. The third-order valence-corrected chi connectivity index (χ3v) is 2.48. The zero-order valence-corrected chi connectivity index (χ0v) is 8.68. The van der Waals surface area contributed by atoms with Crippen LogP contribution >= 0.6 is 0 Å². The van der Waals surface area contributed by atoms with E-state index in [4.69, 9.17) is 0 Å². The lowest BCUT2D eigenvalue weighted by molar-refractivity contribution is 0.857. The Morgan fingerprint density at radius 3 is 2.65 bits per heavy atom. The van der Waals surface area contributed by atoms with Gasteiger partial charge in [0.15, 0.2) is 5.82 Å². The summed E-state index contributed by atoms with van der Waals surface area (Å²) < 4.78 is 1.59. The van der Waals surface area contributed by atoms with E-state index in [1.54, 1.807) is 4.68 Å². The summed E-state index contributed by atoms with van der Waals surface area (Å²) in [6.07, 6.45) is 1.52. The number of aromatic amines is 2. The van der Waals surface area contributed by atoms with Gasteiger partial charge in [0, 0.05) is 6.20 Å². The van der Waals surface area contributed by atoms with Crippen LogP contribution in [-0.4, -0.2) is 19.7 Å². The topological polar surface area (TPSA) is 83.5 Å². The summed E-state index contributed by atoms with van der Waals surface area (Å²) >= 11 is 0.